The van der Waals surface area contributed by atoms with Gasteiger partial charge < -0.3 is 20.9 Å². The van der Waals surface area contributed by atoms with Crippen LogP contribution in [0.15, 0.2) is 36.5 Å². The fraction of sp³-hybridized carbons (Fsp3) is 0.812. The third kappa shape index (κ3) is 39.6. The van der Waals surface area contributed by atoms with Crippen molar-refractivity contribution in [3.63, 3.8) is 0 Å². The van der Waals surface area contributed by atoms with Crippen LogP contribution in [-0.4, -0.2) is 41.6 Å². The second-order valence-corrected chi connectivity index (χ2v) is 15.8. The van der Waals surface area contributed by atoms with Gasteiger partial charge in [0.25, 0.3) is 0 Å². The smallest absolute Gasteiger partial charge is 0.326 e. The fourth-order valence-electron chi connectivity index (χ4n) is 6.85. The zero-order valence-corrected chi connectivity index (χ0v) is 36.0. The van der Waals surface area contributed by atoms with Gasteiger partial charge in [0.05, 0.1) is 0 Å². The number of hydrogen-bond donors (Lipinski definition) is 3. The molecule has 0 radical (unpaired) electrons. The number of unbranched alkanes of at least 4 members (excludes halogenated alkanes) is 24. The number of carbonyl (C=O) groups excluding carboxylic acids is 2. The molecular formula is C48H88N2O5. The summed E-state index contributed by atoms with van der Waals surface area (Å²) in [6, 6.07) is -0.874. The van der Waals surface area contributed by atoms with Crippen LogP contribution in [0.3, 0.4) is 0 Å². The summed E-state index contributed by atoms with van der Waals surface area (Å²) >= 11 is 0. The monoisotopic (exact) mass is 773 g/mol. The highest BCUT2D eigenvalue weighted by Gasteiger charge is 2.19. The van der Waals surface area contributed by atoms with Gasteiger partial charge >= 0.3 is 11.9 Å². The Morgan fingerprint density at radius 2 is 1.02 bits per heavy atom. The van der Waals surface area contributed by atoms with Crippen LogP contribution in [0.4, 0.5) is 0 Å². The fourth-order valence-corrected chi connectivity index (χ4v) is 6.85. The lowest BCUT2D eigenvalue weighted by Crippen LogP contribution is -2.40. The molecule has 1 amide bonds. The van der Waals surface area contributed by atoms with E-state index < -0.39 is 12.0 Å². The number of rotatable bonds is 42. The maximum Gasteiger partial charge on any atom is 0.326 e. The van der Waals surface area contributed by atoms with Crippen molar-refractivity contribution in [2.45, 2.75) is 244 Å². The van der Waals surface area contributed by atoms with Crippen LogP contribution < -0.4 is 11.1 Å². The van der Waals surface area contributed by atoms with Crippen LogP contribution in [0.5, 0.6) is 0 Å². The summed E-state index contributed by atoms with van der Waals surface area (Å²) in [5.74, 6) is -1.35. The van der Waals surface area contributed by atoms with Crippen molar-refractivity contribution < 1.29 is 24.2 Å². The number of aliphatic carboxylic acids is 1. The molecule has 7 nitrogen and oxygen atoms in total. The second-order valence-electron chi connectivity index (χ2n) is 15.8. The first-order valence-electron chi connectivity index (χ1n) is 23.3. The van der Waals surface area contributed by atoms with E-state index in [0.717, 1.165) is 51.4 Å². The predicted molar refractivity (Wildman–Crippen MR) is 234 cm³/mol. The number of allylic oxidation sites excluding steroid dienone is 5. The van der Waals surface area contributed by atoms with E-state index in [4.69, 9.17) is 10.5 Å². The molecule has 4 N–H and O–H groups in total. The summed E-state index contributed by atoms with van der Waals surface area (Å²) in [4.78, 5) is 36.3. The van der Waals surface area contributed by atoms with E-state index in [2.05, 4.69) is 49.5 Å². The van der Waals surface area contributed by atoms with Crippen molar-refractivity contribution >= 4 is 17.8 Å². The van der Waals surface area contributed by atoms with Crippen molar-refractivity contribution in [1.29, 1.82) is 0 Å². The summed E-state index contributed by atoms with van der Waals surface area (Å²) in [6.07, 6.45) is 50.9. The van der Waals surface area contributed by atoms with Gasteiger partial charge in [-0.1, -0.05) is 173 Å². The van der Waals surface area contributed by atoms with E-state index in [1.54, 1.807) is 0 Å². The molecule has 0 fully saturated rings. The summed E-state index contributed by atoms with van der Waals surface area (Å²) in [6.45, 7) is 4.88. The highest BCUT2D eigenvalue weighted by molar-refractivity contribution is 5.83. The molecule has 0 aliphatic heterocycles. The summed E-state index contributed by atoms with van der Waals surface area (Å²) in [5.41, 5.74) is 5.48. The van der Waals surface area contributed by atoms with E-state index in [1.165, 1.54) is 135 Å². The van der Waals surface area contributed by atoms with Crippen molar-refractivity contribution in [3.05, 3.63) is 36.5 Å². The Bertz CT molecular complexity index is 962. The minimum absolute atomic E-state index is 0.105. The molecule has 0 spiro atoms. The average Bonchev–Trinajstić information content (AvgIpc) is 3.17. The average molecular weight is 773 g/mol. The Hall–Kier alpha value is -2.41. The summed E-state index contributed by atoms with van der Waals surface area (Å²) in [5, 5.41) is 11.9. The van der Waals surface area contributed by atoms with Gasteiger partial charge in [0.2, 0.25) is 5.91 Å². The van der Waals surface area contributed by atoms with Crippen molar-refractivity contribution in [1.82, 2.24) is 5.32 Å². The summed E-state index contributed by atoms with van der Waals surface area (Å²) < 4.78 is 5.91. The minimum Gasteiger partial charge on any atom is -0.480 e. The molecule has 7 heteroatoms. The van der Waals surface area contributed by atoms with Crippen LogP contribution in [-0.2, 0) is 19.1 Å². The van der Waals surface area contributed by atoms with Crippen LogP contribution in [0.2, 0.25) is 0 Å². The number of carbonyl (C=O) groups is 3. The molecule has 0 heterocycles. The zero-order chi connectivity index (χ0) is 40.3. The Morgan fingerprint density at radius 1 is 0.545 bits per heavy atom. The van der Waals surface area contributed by atoms with Gasteiger partial charge in [-0.3, -0.25) is 9.59 Å². The molecular weight excluding hydrogens is 685 g/mol. The quantitative estimate of drug-likeness (QED) is 0.0323. The lowest BCUT2D eigenvalue weighted by Gasteiger charge is -2.15. The van der Waals surface area contributed by atoms with Crippen molar-refractivity contribution in [3.8, 4) is 0 Å². The molecule has 0 rings (SSSR count). The predicted octanol–water partition coefficient (Wildman–Crippen LogP) is 13.4. The number of hydrogen-bond acceptors (Lipinski definition) is 5. The van der Waals surface area contributed by atoms with E-state index >= 15 is 0 Å². The number of carboxylic acid groups (broad SMARTS) is 1. The van der Waals surface area contributed by atoms with E-state index in [-0.39, 0.29) is 18.0 Å². The van der Waals surface area contributed by atoms with Crippen LogP contribution >= 0.6 is 0 Å². The molecule has 0 aliphatic rings. The van der Waals surface area contributed by atoms with Crippen molar-refractivity contribution in [2.24, 2.45) is 5.73 Å². The number of ether oxygens (including phenoxy) is 1. The molecule has 0 aromatic carbocycles. The van der Waals surface area contributed by atoms with Crippen LogP contribution in [0.1, 0.15) is 232 Å². The molecule has 320 valence electrons. The number of carboxylic acids is 1. The van der Waals surface area contributed by atoms with Gasteiger partial charge in [0.1, 0.15) is 12.1 Å². The molecule has 0 aromatic rings. The molecule has 0 aliphatic carbocycles. The van der Waals surface area contributed by atoms with Gasteiger partial charge in [0, 0.05) is 12.8 Å². The highest BCUT2D eigenvalue weighted by atomic mass is 16.5. The van der Waals surface area contributed by atoms with E-state index in [0.29, 0.717) is 38.6 Å². The third-order valence-electron chi connectivity index (χ3n) is 10.4. The topological polar surface area (TPSA) is 119 Å². The van der Waals surface area contributed by atoms with Gasteiger partial charge in [-0.15, -0.1) is 0 Å². The Morgan fingerprint density at radius 3 is 1.56 bits per heavy atom. The first-order valence-corrected chi connectivity index (χ1v) is 23.3. The molecule has 0 aromatic heterocycles. The maximum absolute atomic E-state index is 12.7. The first kappa shape index (κ1) is 52.6. The highest BCUT2D eigenvalue weighted by Crippen LogP contribution is 2.16. The molecule has 2 unspecified atom stereocenters. The lowest BCUT2D eigenvalue weighted by molar-refractivity contribution is -0.147. The lowest BCUT2D eigenvalue weighted by atomic mass is 10.0. The van der Waals surface area contributed by atoms with E-state index in [1.807, 2.05) is 6.08 Å². The maximum atomic E-state index is 12.7. The van der Waals surface area contributed by atoms with E-state index in [9.17, 15) is 19.5 Å². The molecule has 2 atom stereocenters. The minimum atomic E-state index is -1.02. The molecule has 55 heavy (non-hydrogen) atoms. The van der Waals surface area contributed by atoms with Crippen LogP contribution in [0, 0.1) is 0 Å². The Kier molecular flexibility index (Phi) is 40.9. The number of nitrogens with one attached hydrogen (secondary N) is 1. The SMILES string of the molecule is CCCC/C=C\C/C=C\C(CCCCCCC(=O)NC(CCCN)C(=O)O)OC(=O)CCCCCCCCCCCCC/C=C\CCCCCCCCCC. The molecule has 0 bridgehead atoms. The van der Waals surface area contributed by atoms with Crippen LogP contribution in [0.25, 0.3) is 0 Å². The molecule has 0 saturated carbocycles. The Balaban J connectivity index is 4.05. The second kappa shape index (κ2) is 42.7. The van der Waals surface area contributed by atoms with Gasteiger partial charge in [-0.25, -0.2) is 4.79 Å². The van der Waals surface area contributed by atoms with Crippen molar-refractivity contribution in [2.75, 3.05) is 6.54 Å². The number of nitrogens with two attached hydrogens (primary N) is 1. The number of amides is 1. The largest absolute Gasteiger partial charge is 0.480 e. The molecule has 0 saturated heterocycles. The standard InChI is InChI=1S/C48H88N2O5/c1-3-5-7-9-11-12-13-14-15-16-17-18-19-20-21-22-23-24-25-26-28-30-36-42-47(52)55-44(38-33-29-27-10-8-6-4-2)39-34-31-32-35-41-46(51)50-45(48(53)54)40-37-43-49/h10,16-17,27,33,38,44-45H,3-9,11-15,18-26,28-32,34-37,39-43,49H2,1-2H3,(H,50,51)(H,53,54)/b17-16-,27-10-,38-33-. The number of esters is 1. The van der Waals surface area contributed by atoms with Gasteiger partial charge in [0.15, 0.2) is 0 Å². The summed E-state index contributed by atoms with van der Waals surface area (Å²) in [7, 11) is 0. The van der Waals surface area contributed by atoms with Gasteiger partial charge in [-0.05, 0) is 89.7 Å². The Labute approximate surface area is 339 Å². The first-order chi connectivity index (χ1) is 26.9. The third-order valence-corrected chi connectivity index (χ3v) is 10.4. The normalized spacial score (nSPS) is 12.9. The zero-order valence-electron chi connectivity index (χ0n) is 36.0. The van der Waals surface area contributed by atoms with Gasteiger partial charge in [-0.2, -0.15) is 0 Å².